The highest BCUT2D eigenvalue weighted by Gasteiger charge is 2.62. The summed E-state index contributed by atoms with van der Waals surface area (Å²) in [6, 6.07) is 0. The Morgan fingerprint density at radius 2 is 1.71 bits per heavy atom. The van der Waals surface area contributed by atoms with Crippen LogP contribution in [-0.4, -0.2) is 16.5 Å². The average molecular weight is 331 g/mol. The lowest BCUT2D eigenvalue weighted by atomic mass is 9.46. The third-order valence-corrected chi connectivity index (χ3v) is 9.16. The van der Waals surface area contributed by atoms with Crippen molar-refractivity contribution in [3.05, 3.63) is 11.1 Å². The monoisotopic (exact) mass is 330 g/mol. The predicted octanol–water partition coefficient (Wildman–Crippen LogP) is 5.05. The van der Waals surface area contributed by atoms with Gasteiger partial charge in [0.15, 0.2) is 5.78 Å². The second-order valence-electron chi connectivity index (χ2n) is 9.84. The van der Waals surface area contributed by atoms with Crippen LogP contribution < -0.4 is 0 Å². The third kappa shape index (κ3) is 1.95. The molecule has 6 atom stereocenters. The Morgan fingerprint density at radius 3 is 2.42 bits per heavy atom. The van der Waals surface area contributed by atoms with Crippen LogP contribution in [-0.2, 0) is 4.79 Å². The van der Waals surface area contributed by atoms with Gasteiger partial charge in [-0.25, -0.2) is 0 Å². The molecule has 0 amide bonds. The van der Waals surface area contributed by atoms with Crippen LogP contribution in [0.5, 0.6) is 0 Å². The molecule has 0 bridgehead atoms. The highest BCUT2D eigenvalue weighted by Crippen LogP contribution is 2.67. The van der Waals surface area contributed by atoms with E-state index in [4.69, 9.17) is 0 Å². The standard InChI is InChI=1S/C22H34O2/c1-5-14-16-7-6-15-17(20(16,2)11-10-19(14)23)8-12-21(3)18(15)9-13-22(21,4)24/h15,17-18,24H,5-13H2,1-4H3/t15-,17+,18+,20+,21+,22-/m0/s1. The summed E-state index contributed by atoms with van der Waals surface area (Å²) in [5.74, 6) is 2.57. The molecule has 0 aromatic carbocycles. The number of fused-ring (bicyclic) bond motifs is 5. The molecule has 0 aliphatic heterocycles. The van der Waals surface area contributed by atoms with E-state index in [1.165, 1.54) is 30.4 Å². The molecule has 4 aliphatic rings. The maximum absolute atomic E-state index is 12.4. The molecule has 2 heteroatoms. The van der Waals surface area contributed by atoms with Gasteiger partial charge in [0.25, 0.3) is 0 Å². The van der Waals surface area contributed by atoms with E-state index in [1.54, 1.807) is 0 Å². The highest BCUT2D eigenvalue weighted by atomic mass is 16.3. The van der Waals surface area contributed by atoms with Gasteiger partial charge >= 0.3 is 0 Å². The molecule has 0 aromatic rings. The molecule has 2 nitrogen and oxygen atoms in total. The SMILES string of the molecule is CCC1=C2CC[C@H]3[C@@H](CC[C@]4(C)[C@@H]3CC[C@]4(C)O)[C@]2(C)CCC1=O. The molecule has 0 heterocycles. The lowest BCUT2D eigenvalue weighted by Gasteiger charge is -2.59. The minimum Gasteiger partial charge on any atom is -0.390 e. The van der Waals surface area contributed by atoms with Gasteiger partial charge in [0.2, 0.25) is 0 Å². The Labute approximate surface area is 147 Å². The molecular formula is C22H34O2. The van der Waals surface area contributed by atoms with Gasteiger partial charge in [-0.2, -0.15) is 0 Å². The topological polar surface area (TPSA) is 37.3 Å². The number of carbonyl (C=O) groups excluding carboxylic acids is 1. The van der Waals surface area contributed by atoms with Gasteiger partial charge in [-0.15, -0.1) is 0 Å². The van der Waals surface area contributed by atoms with E-state index in [2.05, 4.69) is 27.7 Å². The number of carbonyl (C=O) groups is 1. The third-order valence-electron chi connectivity index (χ3n) is 9.16. The summed E-state index contributed by atoms with van der Waals surface area (Å²) in [5, 5.41) is 11.0. The van der Waals surface area contributed by atoms with Crippen molar-refractivity contribution in [2.75, 3.05) is 0 Å². The molecule has 3 saturated carbocycles. The molecule has 0 unspecified atom stereocenters. The van der Waals surface area contributed by atoms with E-state index < -0.39 is 5.60 Å². The fourth-order valence-electron chi connectivity index (χ4n) is 7.48. The van der Waals surface area contributed by atoms with Crippen LogP contribution in [0.4, 0.5) is 0 Å². The molecule has 134 valence electrons. The molecule has 3 fully saturated rings. The molecule has 0 saturated heterocycles. The van der Waals surface area contributed by atoms with Crippen LogP contribution >= 0.6 is 0 Å². The van der Waals surface area contributed by atoms with Crippen molar-refractivity contribution in [2.24, 2.45) is 28.6 Å². The van der Waals surface area contributed by atoms with Gasteiger partial charge in [0, 0.05) is 6.42 Å². The number of ketones is 1. The smallest absolute Gasteiger partial charge is 0.158 e. The van der Waals surface area contributed by atoms with Gasteiger partial charge in [0.05, 0.1) is 5.60 Å². The summed E-state index contributed by atoms with van der Waals surface area (Å²) in [6.07, 6.45) is 9.65. The Balaban J connectivity index is 1.73. The van der Waals surface area contributed by atoms with Crippen molar-refractivity contribution in [2.45, 2.75) is 91.1 Å². The van der Waals surface area contributed by atoms with E-state index in [9.17, 15) is 9.90 Å². The van der Waals surface area contributed by atoms with Crippen molar-refractivity contribution in [3.63, 3.8) is 0 Å². The number of hydrogen-bond donors (Lipinski definition) is 1. The van der Waals surface area contributed by atoms with Crippen molar-refractivity contribution < 1.29 is 9.90 Å². The van der Waals surface area contributed by atoms with Gasteiger partial charge in [-0.3, -0.25) is 4.79 Å². The van der Waals surface area contributed by atoms with Crippen LogP contribution in [0.25, 0.3) is 0 Å². The van der Waals surface area contributed by atoms with E-state index in [0.29, 0.717) is 11.7 Å². The lowest BCUT2D eigenvalue weighted by Crippen LogP contribution is -2.54. The fourth-order valence-corrected chi connectivity index (χ4v) is 7.48. The summed E-state index contributed by atoms with van der Waals surface area (Å²) < 4.78 is 0. The van der Waals surface area contributed by atoms with Crippen molar-refractivity contribution in [1.29, 1.82) is 0 Å². The largest absolute Gasteiger partial charge is 0.390 e. The number of aliphatic hydroxyl groups is 1. The maximum Gasteiger partial charge on any atom is 0.158 e. The van der Waals surface area contributed by atoms with Gasteiger partial charge in [-0.05, 0) is 92.4 Å². The second kappa shape index (κ2) is 5.19. The molecule has 1 N–H and O–H groups in total. The van der Waals surface area contributed by atoms with Crippen LogP contribution in [0, 0.1) is 28.6 Å². The molecule has 0 spiro atoms. The fraction of sp³-hybridized carbons (Fsp3) is 0.864. The molecule has 24 heavy (non-hydrogen) atoms. The Hall–Kier alpha value is -0.630. The van der Waals surface area contributed by atoms with E-state index in [1.807, 2.05) is 0 Å². The number of Topliss-reactive ketones (excluding diaryl/α,β-unsaturated/α-hetero) is 1. The van der Waals surface area contributed by atoms with Crippen LogP contribution in [0.2, 0.25) is 0 Å². The van der Waals surface area contributed by atoms with Crippen LogP contribution in [0.3, 0.4) is 0 Å². The quantitative estimate of drug-likeness (QED) is 0.730. The summed E-state index contributed by atoms with van der Waals surface area (Å²) >= 11 is 0. The van der Waals surface area contributed by atoms with E-state index in [-0.39, 0.29) is 10.8 Å². The normalized spacial score (nSPS) is 51.2. The van der Waals surface area contributed by atoms with Crippen LogP contribution in [0.15, 0.2) is 11.1 Å². The Morgan fingerprint density at radius 1 is 1.00 bits per heavy atom. The summed E-state index contributed by atoms with van der Waals surface area (Å²) in [5.41, 5.74) is 2.56. The van der Waals surface area contributed by atoms with Gasteiger partial charge in [-0.1, -0.05) is 26.3 Å². The Kier molecular flexibility index (Phi) is 3.64. The van der Waals surface area contributed by atoms with E-state index >= 15 is 0 Å². The summed E-state index contributed by atoms with van der Waals surface area (Å²) in [7, 11) is 0. The summed E-state index contributed by atoms with van der Waals surface area (Å²) in [4.78, 5) is 12.4. The first kappa shape index (κ1) is 16.8. The van der Waals surface area contributed by atoms with Gasteiger partial charge in [0.1, 0.15) is 0 Å². The highest BCUT2D eigenvalue weighted by molar-refractivity contribution is 5.97. The lowest BCUT2D eigenvalue weighted by molar-refractivity contribution is -0.125. The zero-order valence-electron chi connectivity index (χ0n) is 16.0. The predicted molar refractivity (Wildman–Crippen MR) is 96.6 cm³/mol. The zero-order chi connectivity index (χ0) is 17.3. The number of hydrogen-bond acceptors (Lipinski definition) is 2. The minimum atomic E-state index is -0.489. The molecular weight excluding hydrogens is 296 g/mol. The number of rotatable bonds is 1. The summed E-state index contributed by atoms with van der Waals surface area (Å²) in [6.45, 7) is 9.06. The van der Waals surface area contributed by atoms with Crippen molar-refractivity contribution in [3.8, 4) is 0 Å². The zero-order valence-corrected chi connectivity index (χ0v) is 16.0. The second-order valence-corrected chi connectivity index (χ2v) is 9.84. The maximum atomic E-state index is 12.4. The number of allylic oxidation sites excluding steroid dienone is 1. The van der Waals surface area contributed by atoms with Crippen molar-refractivity contribution >= 4 is 5.78 Å². The first-order valence-electron chi connectivity index (χ1n) is 10.2. The average Bonchev–Trinajstić information content (AvgIpc) is 2.78. The minimum absolute atomic E-state index is 0.101. The van der Waals surface area contributed by atoms with E-state index in [0.717, 1.165) is 50.4 Å². The first-order valence-corrected chi connectivity index (χ1v) is 10.2. The van der Waals surface area contributed by atoms with Crippen LogP contribution in [0.1, 0.15) is 85.5 Å². The molecule has 0 radical (unpaired) electrons. The molecule has 0 aromatic heterocycles. The van der Waals surface area contributed by atoms with Gasteiger partial charge < -0.3 is 5.11 Å². The van der Waals surface area contributed by atoms with Crippen molar-refractivity contribution in [1.82, 2.24) is 0 Å². The molecule has 4 aliphatic carbocycles. The Bertz CT molecular complexity index is 601. The molecule has 4 rings (SSSR count). The first-order chi connectivity index (χ1) is 11.2.